The van der Waals surface area contributed by atoms with Gasteiger partial charge in [0.1, 0.15) is 0 Å². The predicted molar refractivity (Wildman–Crippen MR) is 55.4 cm³/mol. The van der Waals surface area contributed by atoms with Crippen molar-refractivity contribution in [2.75, 3.05) is 24.6 Å². The number of carbonyl (C=O) groups excluding carboxylic acids is 1. The first-order valence-electron chi connectivity index (χ1n) is 5.24. The van der Waals surface area contributed by atoms with E-state index in [2.05, 4.69) is 0 Å². The molecule has 2 saturated heterocycles. The van der Waals surface area contributed by atoms with Gasteiger partial charge in [-0.3, -0.25) is 4.79 Å². The van der Waals surface area contributed by atoms with Crippen molar-refractivity contribution in [1.82, 2.24) is 4.90 Å². The van der Waals surface area contributed by atoms with E-state index in [0.29, 0.717) is 6.42 Å². The summed E-state index contributed by atoms with van der Waals surface area (Å²) < 4.78 is 22.4. The van der Waals surface area contributed by atoms with Crippen LogP contribution in [-0.2, 0) is 14.6 Å². The second kappa shape index (κ2) is 3.97. The molecule has 0 aromatic heterocycles. The fourth-order valence-corrected chi connectivity index (χ4v) is 3.93. The second-order valence-electron chi connectivity index (χ2n) is 4.48. The van der Waals surface area contributed by atoms with Crippen molar-refractivity contribution in [2.45, 2.75) is 18.6 Å². The number of sulfone groups is 1. The molecule has 0 aromatic carbocycles. The van der Waals surface area contributed by atoms with E-state index >= 15 is 0 Å². The SMILES string of the molecule is O=C(C1CCS(=O)(=O)C1)N1C[C@@H](O)[C@@H](O)C1. The van der Waals surface area contributed by atoms with Crippen LogP contribution in [0, 0.1) is 5.92 Å². The normalized spacial score (nSPS) is 37.9. The first kappa shape index (κ1) is 11.8. The maximum absolute atomic E-state index is 11.9. The first-order valence-corrected chi connectivity index (χ1v) is 7.06. The van der Waals surface area contributed by atoms with Crippen LogP contribution in [0.4, 0.5) is 0 Å². The second-order valence-corrected chi connectivity index (χ2v) is 6.71. The lowest BCUT2D eigenvalue weighted by molar-refractivity contribution is -0.134. The highest BCUT2D eigenvalue weighted by Gasteiger charge is 2.39. The highest BCUT2D eigenvalue weighted by Crippen LogP contribution is 2.23. The van der Waals surface area contributed by atoms with Gasteiger partial charge in [-0.15, -0.1) is 0 Å². The molecule has 92 valence electrons. The highest BCUT2D eigenvalue weighted by atomic mass is 32.2. The highest BCUT2D eigenvalue weighted by molar-refractivity contribution is 7.91. The number of aliphatic hydroxyl groups is 2. The number of β-amino-alcohol motifs (C(OH)–C–C–N with tert-alkyl or cyclic N) is 2. The summed E-state index contributed by atoms with van der Waals surface area (Å²) in [4.78, 5) is 13.2. The Hall–Kier alpha value is -0.660. The Balaban J connectivity index is 1.99. The van der Waals surface area contributed by atoms with Gasteiger partial charge >= 0.3 is 0 Å². The molecule has 2 aliphatic heterocycles. The fraction of sp³-hybridized carbons (Fsp3) is 0.889. The number of rotatable bonds is 1. The molecule has 0 saturated carbocycles. The number of hydrogen-bond acceptors (Lipinski definition) is 5. The Bertz CT molecular complexity index is 383. The Morgan fingerprint density at radius 3 is 2.19 bits per heavy atom. The molecule has 3 atom stereocenters. The van der Waals surface area contributed by atoms with Gasteiger partial charge in [0.15, 0.2) is 9.84 Å². The monoisotopic (exact) mass is 249 g/mol. The molecule has 2 aliphatic rings. The predicted octanol–water partition coefficient (Wildman–Crippen LogP) is -2.01. The zero-order valence-electron chi connectivity index (χ0n) is 8.74. The molecule has 0 radical (unpaired) electrons. The summed E-state index contributed by atoms with van der Waals surface area (Å²) in [7, 11) is -3.07. The van der Waals surface area contributed by atoms with E-state index < -0.39 is 28.0 Å². The van der Waals surface area contributed by atoms with E-state index in [1.165, 1.54) is 4.90 Å². The number of likely N-dealkylation sites (tertiary alicyclic amines) is 1. The Labute approximate surface area is 93.8 Å². The molecule has 2 heterocycles. The van der Waals surface area contributed by atoms with Crippen molar-refractivity contribution < 1.29 is 23.4 Å². The quantitative estimate of drug-likeness (QED) is 0.559. The molecule has 7 heteroatoms. The number of nitrogens with zero attached hydrogens (tertiary/aromatic N) is 1. The molecule has 2 fully saturated rings. The van der Waals surface area contributed by atoms with Crippen LogP contribution in [0.5, 0.6) is 0 Å². The van der Waals surface area contributed by atoms with Gasteiger partial charge in [-0.2, -0.15) is 0 Å². The topological polar surface area (TPSA) is 94.9 Å². The van der Waals surface area contributed by atoms with E-state index in [0.717, 1.165) is 0 Å². The summed E-state index contributed by atoms with van der Waals surface area (Å²) in [5.41, 5.74) is 0. The van der Waals surface area contributed by atoms with Crippen LogP contribution >= 0.6 is 0 Å². The number of hydrogen-bond donors (Lipinski definition) is 2. The first-order chi connectivity index (χ1) is 7.39. The van der Waals surface area contributed by atoms with Crippen LogP contribution in [0.3, 0.4) is 0 Å². The molecular weight excluding hydrogens is 234 g/mol. The summed E-state index contributed by atoms with van der Waals surface area (Å²) in [6.45, 7) is 0.188. The average molecular weight is 249 g/mol. The molecule has 2 N–H and O–H groups in total. The van der Waals surface area contributed by atoms with E-state index in [1.807, 2.05) is 0 Å². The lowest BCUT2D eigenvalue weighted by Crippen LogP contribution is -2.35. The zero-order valence-corrected chi connectivity index (χ0v) is 9.56. The number of aliphatic hydroxyl groups excluding tert-OH is 2. The van der Waals surface area contributed by atoms with Crippen molar-refractivity contribution >= 4 is 15.7 Å². The maximum Gasteiger partial charge on any atom is 0.226 e. The third kappa shape index (κ3) is 2.21. The van der Waals surface area contributed by atoms with Gasteiger partial charge in [-0.25, -0.2) is 8.42 Å². The van der Waals surface area contributed by atoms with Gasteiger partial charge in [-0.05, 0) is 6.42 Å². The fourth-order valence-electron chi connectivity index (χ4n) is 2.20. The van der Waals surface area contributed by atoms with E-state index in [4.69, 9.17) is 0 Å². The van der Waals surface area contributed by atoms with Gasteiger partial charge in [0.25, 0.3) is 0 Å². The van der Waals surface area contributed by atoms with Crippen molar-refractivity contribution in [1.29, 1.82) is 0 Å². The van der Waals surface area contributed by atoms with Gasteiger partial charge in [-0.1, -0.05) is 0 Å². The summed E-state index contributed by atoms with van der Waals surface area (Å²) in [5, 5.41) is 18.6. The van der Waals surface area contributed by atoms with E-state index in [-0.39, 0.29) is 30.5 Å². The third-order valence-electron chi connectivity index (χ3n) is 3.15. The van der Waals surface area contributed by atoms with Crippen LogP contribution in [0.1, 0.15) is 6.42 Å². The lowest BCUT2D eigenvalue weighted by atomic mass is 10.1. The largest absolute Gasteiger partial charge is 0.388 e. The van der Waals surface area contributed by atoms with Crippen LogP contribution in [0.15, 0.2) is 0 Å². The molecule has 1 unspecified atom stereocenters. The molecular formula is C9H15NO5S. The van der Waals surface area contributed by atoms with Gasteiger partial charge in [0.05, 0.1) is 29.6 Å². The van der Waals surface area contributed by atoms with Crippen molar-refractivity contribution in [3.05, 3.63) is 0 Å². The summed E-state index contributed by atoms with van der Waals surface area (Å²) in [6, 6.07) is 0. The van der Waals surface area contributed by atoms with Crippen LogP contribution in [0.25, 0.3) is 0 Å². The van der Waals surface area contributed by atoms with Crippen LogP contribution in [0.2, 0.25) is 0 Å². The number of amides is 1. The summed E-state index contributed by atoms with van der Waals surface area (Å²) in [6.07, 6.45) is -1.48. The van der Waals surface area contributed by atoms with Gasteiger partial charge < -0.3 is 15.1 Å². The van der Waals surface area contributed by atoms with Crippen molar-refractivity contribution in [3.63, 3.8) is 0 Å². The molecule has 6 nitrogen and oxygen atoms in total. The smallest absolute Gasteiger partial charge is 0.226 e. The van der Waals surface area contributed by atoms with Crippen LogP contribution < -0.4 is 0 Å². The Morgan fingerprint density at radius 1 is 1.19 bits per heavy atom. The summed E-state index contributed by atoms with van der Waals surface area (Å²) in [5.74, 6) is -0.809. The minimum atomic E-state index is -3.07. The average Bonchev–Trinajstić information content (AvgIpc) is 2.70. The summed E-state index contributed by atoms with van der Waals surface area (Å²) >= 11 is 0. The molecule has 2 rings (SSSR count). The van der Waals surface area contributed by atoms with Crippen molar-refractivity contribution in [2.24, 2.45) is 5.92 Å². The molecule has 1 amide bonds. The Kier molecular flexibility index (Phi) is 2.93. The van der Waals surface area contributed by atoms with E-state index in [9.17, 15) is 23.4 Å². The van der Waals surface area contributed by atoms with E-state index in [1.54, 1.807) is 0 Å². The third-order valence-corrected chi connectivity index (χ3v) is 4.92. The molecule has 0 aromatic rings. The standard InChI is InChI=1S/C9H15NO5S/c11-7-3-10(4-8(7)12)9(13)6-1-2-16(14,15)5-6/h6-8,11-12H,1-5H2/t6?,7-,8+. The molecule has 0 aliphatic carbocycles. The minimum Gasteiger partial charge on any atom is -0.388 e. The molecule has 0 spiro atoms. The maximum atomic E-state index is 11.9. The van der Waals surface area contributed by atoms with Crippen molar-refractivity contribution in [3.8, 4) is 0 Å². The zero-order chi connectivity index (χ0) is 11.9. The lowest BCUT2D eigenvalue weighted by Gasteiger charge is -2.18. The van der Waals surface area contributed by atoms with Crippen LogP contribution in [-0.4, -0.2) is 66.2 Å². The van der Waals surface area contributed by atoms with Gasteiger partial charge in [0, 0.05) is 13.1 Å². The molecule has 16 heavy (non-hydrogen) atoms. The molecule has 0 bridgehead atoms. The van der Waals surface area contributed by atoms with Gasteiger partial charge in [0.2, 0.25) is 5.91 Å². The minimum absolute atomic E-state index is 0.0579. The Morgan fingerprint density at radius 2 is 1.75 bits per heavy atom. The number of carbonyl (C=O) groups is 1.